The number of aromatic nitrogens is 3. The smallest absolute Gasteiger partial charge is 0.245 e. The summed E-state index contributed by atoms with van der Waals surface area (Å²) in [7, 11) is 0. The van der Waals surface area contributed by atoms with E-state index in [4.69, 9.17) is 16.3 Å². The van der Waals surface area contributed by atoms with Gasteiger partial charge in [0.05, 0.1) is 0 Å². The average Bonchev–Trinajstić information content (AvgIpc) is 3.19. The molecule has 0 amide bonds. The lowest BCUT2D eigenvalue weighted by Crippen LogP contribution is -2.00. The maximum absolute atomic E-state index is 6.23. The highest BCUT2D eigenvalue weighted by Gasteiger charge is 2.09. The number of halogens is 1. The number of hydrogen-bond donors (Lipinski definition) is 1. The lowest BCUT2D eigenvalue weighted by molar-refractivity contribution is 0.306. The molecular weight excluding hydrogens is 348 g/mol. The van der Waals surface area contributed by atoms with Crippen molar-refractivity contribution >= 4 is 34.5 Å². The van der Waals surface area contributed by atoms with Crippen molar-refractivity contribution in [3.63, 3.8) is 0 Å². The third-order valence-electron chi connectivity index (χ3n) is 3.99. The molecule has 4 aromatic rings. The first-order valence-corrected chi connectivity index (χ1v) is 8.46. The Labute approximate surface area is 155 Å². The fraction of sp³-hybridized carbons (Fsp3) is 0.0500. The maximum Gasteiger partial charge on any atom is 0.245 e. The number of ether oxygens (including phenoxy) is 1. The fourth-order valence-electron chi connectivity index (χ4n) is 2.69. The number of fused-ring (bicyclic) bond motifs is 1. The minimum atomic E-state index is 0.376. The second kappa shape index (κ2) is 7.37. The van der Waals surface area contributed by atoms with Gasteiger partial charge in [0.25, 0.3) is 0 Å². The standard InChI is InChI=1S/C20H15ClN4O/c21-18-8-4-2-6-15(18)12-26-19-10-9-14-5-1-3-7-16(14)17(19)11-22-20-23-13-24-25-20/h1-11,13H,12H2,(H,23,24,25)/b22-11+. The van der Waals surface area contributed by atoms with E-state index in [1.807, 2.05) is 54.6 Å². The summed E-state index contributed by atoms with van der Waals surface area (Å²) in [6.07, 6.45) is 3.16. The van der Waals surface area contributed by atoms with Gasteiger partial charge < -0.3 is 4.74 Å². The Balaban J connectivity index is 1.71. The van der Waals surface area contributed by atoms with Crippen LogP contribution in [-0.4, -0.2) is 21.4 Å². The highest BCUT2D eigenvalue weighted by atomic mass is 35.5. The largest absolute Gasteiger partial charge is 0.488 e. The van der Waals surface area contributed by atoms with Crippen LogP contribution in [0.1, 0.15) is 11.1 Å². The van der Waals surface area contributed by atoms with E-state index < -0.39 is 0 Å². The molecule has 0 aliphatic carbocycles. The van der Waals surface area contributed by atoms with Gasteiger partial charge in [0.1, 0.15) is 18.7 Å². The molecule has 0 atom stereocenters. The van der Waals surface area contributed by atoms with Crippen molar-refractivity contribution in [1.29, 1.82) is 0 Å². The van der Waals surface area contributed by atoms with Gasteiger partial charge in [-0.15, -0.1) is 0 Å². The molecule has 128 valence electrons. The summed E-state index contributed by atoms with van der Waals surface area (Å²) < 4.78 is 6.06. The summed E-state index contributed by atoms with van der Waals surface area (Å²) in [4.78, 5) is 8.38. The number of nitrogens with one attached hydrogen (secondary N) is 1. The van der Waals surface area contributed by atoms with Gasteiger partial charge in [-0.05, 0) is 22.9 Å². The molecule has 1 N–H and O–H groups in total. The number of aliphatic imine (C=N–C) groups is 1. The van der Waals surface area contributed by atoms with Crippen LogP contribution in [0.4, 0.5) is 5.95 Å². The van der Waals surface area contributed by atoms with Crippen LogP contribution in [-0.2, 0) is 6.61 Å². The molecule has 1 aromatic heterocycles. The summed E-state index contributed by atoms with van der Waals surface area (Å²) in [5, 5.41) is 9.37. The minimum Gasteiger partial charge on any atom is -0.488 e. The van der Waals surface area contributed by atoms with Crippen molar-refractivity contribution in [2.24, 2.45) is 4.99 Å². The van der Waals surface area contributed by atoms with Crippen LogP contribution in [0, 0.1) is 0 Å². The van der Waals surface area contributed by atoms with Crippen LogP contribution in [0.25, 0.3) is 10.8 Å². The van der Waals surface area contributed by atoms with Crippen LogP contribution in [0.3, 0.4) is 0 Å². The van der Waals surface area contributed by atoms with E-state index in [0.717, 1.165) is 27.6 Å². The molecule has 0 saturated carbocycles. The molecule has 0 saturated heterocycles. The molecule has 26 heavy (non-hydrogen) atoms. The van der Waals surface area contributed by atoms with Crippen molar-refractivity contribution in [2.45, 2.75) is 6.61 Å². The van der Waals surface area contributed by atoms with Crippen molar-refractivity contribution in [1.82, 2.24) is 15.2 Å². The van der Waals surface area contributed by atoms with Gasteiger partial charge in [-0.2, -0.15) is 10.1 Å². The molecule has 6 heteroatoms. The summed E-state index contributed by atoms with van der Waals surface area (Å²) in [6.45, 7) is 0.376. The molecule has 1 heterocycles. The maximum atomic E-state index is 6.23. The third-order valence-corrected chi connectivity index (χ3v) is 4.36. The molecule has 5 nitrogen and oxygen atoms in total. The summed E-state index contributed by atoms with van der Waals surface area (Å²) in [5.41, 5.74) is 1.81. The predicted octanol–water partition coefficient (Wildman–Crippen LogP) is 4.94. The van der Waals surface area contributed by atoms with Gasteiger partial charge in [0, 0.05) is 22.4 Å². The van der Waals surface area contributed by atoms with Gasteiger partial charge in [0.15, 0.2) is 0 Å². The SMILES string of the molecule is Clc1ccccc1COc1ccc2ccccc2c1/C=N/c1ncn[nH]1. The molecule has 0 aliphatic rings. The Morgan fingerprint density at radius 1 is 1.04 bits per heavy atom. The van der Waals surface area contributed by atoms with E-state index >= 15 is 0 Å². The number of rotatable bonds is 5. The van der Waals surface area contributed by atoms with Gasteiger partial charge in [-0.1, -0.05) is 60.1 Å². The highest BCUT2D eigenvalue weighted by molar-refractivity contribution is 6.31. The predicted molar refractivity (Wildman–Crippen MR) is 103 cm³/mol. The second-order valence-corrected chi connectivity index (χ2v) is 6.05. The molecule has 0 unspecified atom stereocenters. The third kappa shape index (κ3) is 3.43. The zero-order valence-corrected chi connectivity index (χ0v) is 14.5. The topological polar surface area (TPSA) is 63.2 Å². The summed E-state index contributed by atoms with van der Waals surface area (Å²) in [6, 6.07) is 19.7. The van der Waals surface area contributed by atoms with E-state index in [1.54, 1.807) is 6.21 Å². The van der Waals surface area contributed by atoms with E-state index in [9.17, 15) is 0 Å². The molecule has 0 aliphatic heterocycles. The Bertz CT molecular complexity index is 1060. The number of aromatic amines is 1. The normalized spacial score (nSPS) is 11.3. The Morgan fingerprint density at radius 2 is 1.88 bits per heavy atom. The van der Waals surface area contributed by atoms with E-state index in [-0.39, 0.29) is 0 Å². The zero-order chi connectivity index (χ0) is 17.8. The van der Waals surface area contributed by atoms with Gasteiger partial charge >= 0.3 is 0 Å². The van der Waals surface area contributed by atoms with Gasteiger partial charge in [-0.3, -0.25) is 0 Å². The van der Waals surface area contributed by atoms with Crippen molar-refractivity contribution in [3.8, 4) is 5.75 Å². The van der Waals surface area contributed by atoms with Crippen molar-refractivity contribution < 1.29 is 4.74 Å². The molecule has 0 spiro atoms. The van der Waals surface area contributed by atoms with Crippen LogP contribution in [0.5, 0.6) is 5.75 Å². The zero-order valence-electron chi connectivity index (χ0n) is 13.8. The van der Waals surface area contributed by atoms with Crippen LogP contribution in [0.15, 0.2) is 72.0 Å². The first-order chi connectivity index (χ1) is 12.8. The Morgan fingerprint density at radius 3 is 2.73 bits per heavy atom. The minimum absolute atomic E-state index is 0.376. The summed E-state index contributed by atoms with van der Waals surface area (Å²) >= 11 is 6.23. The van der Waals surface area contributed by atoms with E-state index in [0.29, 0.717) is 17.6 Å². The molecule has 0 radical (unpaired) electrons. The van der Waals surface area contributed by atoms with Gasteiger partial charge in [-0.25, -0.2) is 10.1 Å². The lowest BCUT2D eigenvalue weighted by Gasteiger charge is -2.12. The van der Waals surface area contributed by atoms with Crippen molar-refractivity contribution in [3.05, 3.63) is 83.1 Å². The molecule has 3 aromatic carbocycles. The molecule has 0 fully saturated rings. The number of H-pyrrole nitrogens is 1. The second-order valence-electron chi connectivity index (χ2n) is 5.65. The van der Waals surface area contributed by atoms with E-state index in [2.05, 4.69) is 26.2 Å². The van der Waals surface area contributed by atoms with Crippen LogP contribution >= 0.6 is 11.6 Å². The van der Waals surface area contributed by atoms with Crippen LogP contribution in [0.2, 0.25) is 5.02 Å². The highest BCUT2D eigenvalue weighted by Crippen LogP contribution is 2.28. The molecule has 0 bridgehead atoms. The quantitative estimate of drug-likeness (QED) is 0.511. The molecular formula is C20H15ClN4O. The number of nitrogens with zero attached hydrogens (tertiary/aromatic N) is 3. The fourth-order valence-corrected chi connectivity index (χ4v) is 2.88. The van der Waals surface area contributed by atoms with Crippen LogP contribution < -0.4 is 4.74 Å². The Hall–Kier alpha value is -3.18. The molecule has 4 rings (SSSR count). The van der Waals surface area contributed by atoms with Gasteiger partial charge in [0.2, 0.25) is 5.95 Å². The first kappa shape index (κ1) is 16.3. The lowest BCUT2D eigenvalue weighted by atomic mass is 10.0. The average molecular weight is 363 g/mol. The number of benzene rings is 3. The van der Waals surface area contributed by atoms with Crippen molar-refractivity contribution in [2.75, 3.05) is 0 Å². The summed E-state index contributed by atoms with van der Waals surface area (Å²) in [5.74, 6) is 1.17. The Kier molecular flexibility index (Phi) is 4.62. The monoisotopic (exact) mass is 362 g/mol. The number of hydrogen-bond acceptors (Lipinski definition) is 4. The van der Waals surface area contributed by atoms with E-state index in [1.165, 1.54) is 6.33 Å². The first-order valence-electron chi connectivity index (χ1n) is 8.08.